The van der Waals surface area contributed by atoms with Crippen LogP contribution in [0.1, 0.15) is 11.1 Å². The number of carbonyl (C=O) groups is 1. The number of amides is 1. The quantitative estimate of drug-likeness (QED) is 0.178. The summed E-state index contributed by atoms with van der Waals surface area (Å²) in [6.07, 6.45) is -6.14. The Bertz CT molecular complexity index is 1340. The van der Waals surface area contributed by atoms with Crippen molar-refractivity contribution in [1.29, 1.82) is 0 Å². The molecule has 2 aromatic rings. The molecule has 47 heavy (non-hydrogen) atoms. The summed E-state index contributed by atoms with van der Waals surface area (Å²) in [6.45, 7) is -2.48. The fraction of sp³-hybridized carbons (Fsp3) is 0.480. The van der Waals surface area contributed by atoms with Gasteiger partial charge in [0.2, 0.25) is 0 Å². The predicted octanol–water partition coefficient (Wildman–Crippen LogP) is 9.20. The first-order chi connectivity index (χ1) is 20.9. The molecule has 0 aliphatic heterocycles. The number of hydrogen-bond donors (Lipinski definition) is 0. The van der Waals surface area contributed by atoms with Crippen molar-refractivity contribution in [1.82, 2.24) is 4.90 Å². The third kappa shape index (κ3) is 5.92. The van der Waals surface area contributed by atoms with Gasteiger partial charge in [-0.25, -0.2) is 8.78 Å². The van der Waals surface area contributed by atoms with Gasteiger partial charge < -0.3 is 4.90 Å². The lowest BCUT2D eigenvalue weighted by Crippen LogP contribution is -2.77. The van der Waals surface area contributed by atoms with Crippen molar-refractivity contribution < 1.29 is 92.6 Å². The molecule has 1 amide bonds. The standard InChI is InChI=1S/C25H15F20NO/c26-15(27)17(28,29)19(32,33)21(36,37)23(40,41)25(44,45)24(42,43)22(38,39)20(34,35)18(30,31)16(47)46(11-13-7-3-1-4-8-13)12-14-9-5-2-6-10-14/h1-10,15H,11-12H2. The topological polar surface area (TPSA) is 20.3 Å². The molecule has 0 saturated heterocycles. The second-order valence-corrected chi connectivity index (χ2v) is 9.65. The van der Waals surface area contributed by atoms with Crippen LogP contribution in [0.15, 0.2) is 60.7 Å². The lowest BCUT2D eigenvalue weighted by atomic mass is 9.86. The van der Waals surface area contributed by atoms with Gasteiger partial charge in [-0.1, -0.05) is 60.7 Å². The van der Waals surface area contributed by atoms with Gasteiger partial charge in [-0.05, 0) is 11.1 Å². The lowest BCUT2D eigenvalue weighted by molar-refractivity contribution is -0.463. The molecule has 22 heteroatoms. The summed E-state index contributed by atoms with van der Waals surface area (Å²) >= 11 is 0. The van der Waals surface area contributed by atoms with Crippen LogP contribution in [0.2, 0.25) is 0 Å². The first kappa shape index (κ1) is 39.7. The molecule has 0 saturated carbocycles. The Morgan fingerprint density at radius 2 is 0.745 bits per heavy atom. The Kier molecular flexibility index (Phi) is 10.3. The minimum absolute atomic E-state index is 0.247. The fourth-order valence-corrected chi connectivity index (χ4v) is 3.67. The zero-order valence-electron chi connectivity index (χ0n) is 22.2. The zero-order valence-corrected chi connectivity index (χ0v) is 22.2. The number of alkyl halides is 20. The van der Waals surface area contributed by atoms with Crippen LogP contribution in [0, 0.1) is 0 Å². The summed E-state index contributed by atoms with van der Waals surface area (Å²) in [5.74, 6) is -80.5. The molecule has 0 fully saturated rings. The molecule has 0 radical (unpaired) electrons. The van der Waals surface area contributed by atoms with Crippen molar-refractivity contribution in [3.05, 3.63) is 71.8 Å². The Morgan fingerprint density at radius 1 is 0.468 bits per heavy atom. The highest BCUT2D eigenvalue weighted by molar-refractivity contribution is 5.85. The van der Waals surface area contributed by atoms with Gasteiger partial charge in [-0.3, -0.25) is 4.79 Å². The van der Waals surface area contributed by atoms with E-state index in [1.54, 1.807) is 0 Å². The number of hydrogen-bond acceptors (Lipinski definition) is 1. The van der Waals surface area contributed by atoms with E-state index in [1.165, 1.54) is 12.1 Å². The predicted molar refractivity (Wildman–Crippen MR) is 118 cm³/mol. The third-order valence-electron chi connectivity index (χ3n) is 6.44. The molecule has 0 atom stereocenters. The SMILES string of the molecule is O=C(N(Cc1ccccc1)Cc1ccccc1)C(F)(F)C(F)(F)C(F)(F)C(F)(F)C(F)(F)C(F)(F)C(F)(F)C(F)(F)C(F)(F)C(F)F. The van der Waals surface area contributed by atoms with E-state index in [9.17, 15) is 92.6 Å². The molecule has 2 nitrogen and oxygen atoms in total. The van der Waals surface area contributed by atoms with Crippen LogP contribution in [0.5, 0.6) is 0 Å². The molecule has 0 heterocycles. The lowest BCUT2D eigenvalue weighted by Gasteiger charge is -2.44. The molecule has 2 aromatic carbocycles. The van der Waals surface area contributed by atoms with Crippen LogP contribution in [0.25, 0.3) is 0 Å². The number of carbonyl (C=O) groups excluding carboxylic acids is 1. The minimum atomic E-state index is -9.15. The molecule has 0 bridgehead atoms. The molecule has 0 aromatic heterocycles. The maximum atomic E-state index is 14.8. The molecule has 0 unspecified atom stereocenters. The van der Waals surface area contributed by atoms with Crippen LogP contribution in [0.3, 0.4) is 0 Å². The van der Waals surface area contributed by atoms with Crippen molar-refractivity contribution in [3.8, 4) is 0 Å². The van der Waals surface area contributed by atoms with E-state index in [1.807, 2.05) is 0 Å². The average molecular weight is 725 g/mol. The Balaban J connectivity index is 2.66. The largest absolute Gasteiger partial charge is 0.393 e. The third-order valence-corrected chi connectivity index (χ3v) is 6.44. The second kappa shape index (κ2) is 12.2. The number of halogens is 20. The summed E-state index contributed by atoms with van der Waals surface area (Å²) in [4.78, 5) is 12.1. The van der Waals surface area contributed by atoms with Crippen molar-refractivity contribution in [2.45, 2.75) is 72.8 Å². The molecular weight excluding hydrogens is 710 g/mol. The van der Waals surface area contributed by atoms with E-state index in [4.69, 9.17) is 0 Å². The minimum Gasteiger partial charge on any atom is -0.329 e. The van der Waals surface area contributed by atoms with Crippen LogP contribution >= 0.6 is 0 Å². The van der Waals surface area contributed by atoms with Gasteiger partial charge in [0.1, 0.15) is 0 Å². The van der Waals surface area contributed by atoms with Gasteiger partial charge in [0, 0.05) is 13.1 Å². The number of nitrogens with zero attached hydrogens (tertiary/aromatic N) is 1. The van der Waals surface area contributed by atoms with Crippen LogP contribution < -0.4 is 0 Å². The van der Waals surface area contributed by atoms with Gasteiger partial charge in [-0.15, -0.1) is 0 Å². The molecular formula is C25H15F20NO. The second-order valence-electron chi connectivity index (χ2n) is 9.65. The molecule has 0 aliphatic carbocycles. The summed E-state index contributed by atoms with van der Waals surface area (Å²) in [5, 5.41) is 0. The first-order valence-corrected chi connectivity index (χ1v) is 12.0. The van der Waals surface area contributed by atoms with E-state index < -0.39 is 83.6 Å². The highest BCUT2D eigenvalue weighted by atomic mass is 19.4. The Morgan fingerprint density at radius 3 is 1.04 bits per heavy atom. The molecule has 0 spiro atoms. The van der Waals surface area contributed by atoms with E-state index >= 15 is 0 Å². The van der Waals surface area contributed by atoms with E-state index in [0.717, 1.165) is 48.5 Å². The summed E-state index contributed by atoms with van der Waals surface area (Å²) in [5.41, 5.74) is -0.495. The van der Waals surface area contributed by atoms with Gasteiger partial charge in [-0.2, -0.15) is 79.0 Å². The molecule has 2 rings (SSSR count). The fourth-order valence-electron chi connectivity index (χ4n) is 3.67. The highest BCUT2D eigenvalue weighted by Crippen LogP contribution is 2.65. The Hall–Kier alpha value is -3.49. The number of rotatable bonds is 14. The van der Waals surface area contributed by atoms with Crippen molar-refractivity contribution in [2.75, 3.05) is 0 Å². The first-order valence-electron chi connectivity index (χ1n) is 12.0. The molecule has 266 valence electrons. The number of benzene rings is 2. The van der Waals surface area contributed by atoms with Crippen LogP contribution in [-0.4, -0.2) is 70.5 Å². The maximum absolute atomic E-state index is 14.8. The Labute approximate surface area is 248 Å². The van der Waals surface area contributed by atoms with Gasteiger partial charge in [0.25, 0.3) is 0 Å². The molecule has 0 N–H and O–H groups in total. The smallest absolute Gasteiger partial charge is 0.329 e. The molecule has 0 aliphatic rings. The van der Waals surface area contributed by atoms with Gasteiger partial charge in [0.15, 0.2) is 0 Å². The van der Waals surface area contributed by atoms with E-state index in [0.29, 0.717) is 0 Å². The maximum Gasteiger partial charge on any atom is 0.393 e. The van der Waals surface area contributed by atoms with E-state index in [-0.39, 0.29) is 11.1 Å². The van der Waals surface area contributed by atoms with Crippen LogP contribution in [0.4, 0.5) is 87.8 Å². The van der Waals surface area contributed by atoms with Gasteiger partial charge in [0.05, 0.1) is 0 Å². The van der Waals surface area contributed by atoms with E-state index in [2.05, 4.69) is 0 Å². The van der Waals surface area contributed by atoms with Crippen molar-refractivity contribution in [3.63, 3.8) is 0 Å². The highest BCUT2D eigenvalue weighted by Gasteiger charge is 2.97. The van der Waals surface area contributed by atoms with Gasteiger partial charge >= 0.3 is 65.6 Å². The monoisotopic (exact) mass is 725 g/mol. The summed E-state index contributed by atoms with van der Waals surface area (Å²) in [7, 11) is 0. The summed E-state index contributed by atoms with van der Waals surface area (Å²) in [6, 6.07) is 11.2. The van der Waals surface area contributed by atoms with Crippen molar-refractivity contribution >= 4 is 5.91 Å². The van der Waals surface area contributed by atoms with Crippen LogP contribution in [-0.2, 0) is 17.9 Å². The normalized spacial score (nSPS) is 14.8. The average Bonchev–Trinajstić information content (AvgIpc) is 2.96. The zero-order chi connectivity index (χ0) is 36.9. The van der Waals surface area contributed by atoms with Crippen molar-refractivity contribution in [2.24, 2.45) is 0 Å². The summed E-state index contributed by atoms with van der Waals surface area (Å²) < 4.78 is 276.